The quantitative estimate of drug-likeness (QED) is 0.0754. The Kier molecular flexibility index (Phi) is 26.0. The van der Waals surface area contributed by atoms with Gasteiger partial charge in [-0.05, 0) is 51.4 Å². The van der Waals surface area contributed by atoms with Crippen molar-refractivity contribution in [2.45, 2.75) is 182 Å². The fraction of sp³-hybridized carbons (Fsp3) is 0.583. The van der Waals surface area contributed by atoms with E-state index in [1.807, 2.05) is 0 Å². The van der Waals surface area contributed by atoms with Crippen LogP contribution in [-0.4, -0.2) is 0 Å². The molecule has 0 bridgehead atoms. The van der Waals surface area contributed by atoms with E-state index in [1.165, 1.54) is 151 Å². The van der Waals surface area contributed by atoms with E-state index in [1.54, 1.807) is 0 Å². The SMILES string of the molecule is CCCCCCCC=Cc1cccc(C=CCCCCCCC)c1Oc1c(C=CCCCCCCC)cccc1C=CCCCCCCC. The number of allylic oxidation sites excluding steroid dienone is 4. The van der Waals surface area contributed by atoms with E-state index >= 15 is 0 Å². The van der Waals surface area contributed by atoms with Gasteiger partial charge in [-0.3, -0.25) is 0 Å². The normalized spacial score (nSPS) is 12.1. The molecule has 1 nitrogen and oxygen atoms in total. The first-order chi connectivity index (χ1) is 24.2. The van der Waals surface area contributed by atoms with E-state index in [-0.39, 0.29) is 0 Å². The fourth-order valence-corrected chi connectivity index (χ4v) is 6.31. The van der Waals surface area contributed by atoms with Crippen LogP contribution in [0.5, 0.6) is 11.5 Å². The van der Waals surface area contributed by atoms with E-state index in [0.29, 0.717) is 0 Å². The van der Waals surface area contributed by atoms with Crippen LogP contribution in [0.2, 0.25) is 0 Å². The van der Waals surface area contributed by atoms with E-state index in [4.69, 9.17) is 4.74 Å². The fourth-order valence-electron chi connectivity index (χ4n) is 6.31. The van der Waals surface area contributed by atoms with Crippen LogP contribution in [0.4, 0.5) is 0 Å². The Balaban J connectivity index is 2.39. The molecular formula is C48H74O. The first-order valence-corrected chi connectivity index (χ1v) is 20.8. The molecule has 0 amide bonds. The maximum Gasteiger partial charge on any atom is 0.141 e. The molecule has 0 radical (unpaired) electrons. The van der Waals surface area contributed by atoms with Gasteiger partial charge in [-0.1, -0.05) is 215 Å². The summed E-state index contributed by atoms with van der Waals surface area (Å²) < 4.78 is 7.14. The van der Waals surface area contributed by atoms with E-state index in [0.717, 1.165) is 37.2 Å². The maximum absolute atomic E-state index is 7.14. The van der Waals surface area contributed by atoms with Gasteiger partial charge < -0.3 is 4.74 Å². The second-order valence-corrected chi connectivity index (χ2v) is 14.1. The van der Waals surface area contributed by atoms with Crippen LogP contribution in [-0.2, 0) is 0 Å². The van der Waals surface area contributed by atoms with Crippen molar-refractivity contribution in [2.24, 2.45) is 0 Å². The lowest BCUT2D eigenvalue weighted by molar-refractivity contribution is 0.478. The smallest absolute Gasteiger partial charge is 0.141 e. The highest BCUT2D eigenvalue weighted by Crippen LogP contribution is 2.37. The molecule has 0 N–H and O–H groups in total. The topological polar surface area (TPSA) is 9.23 Å². The lowest BCUT2D eigenvalue weighted by Crippen LogP contribution is -1.96. The Morgan fingerprint density at radius 3 is 0.837 bits per heavy atom. The molecule has 0 unspecified atom stereocenters. The van der Waals surface area contributed by atoms with Crippen LogP contribution in [0, 0.1) is 0 Å². The van der Waals surface area contributed by atoms with Gasteiger partial charge >= 0.3 is 0 Å². The highest BCUT2D eigenvalue weighted by atomic mass is 16.5. The molecule has 0 atom stereocenters. The average Bonchev–Trinajstić information content (AvgIpc) is 3.11. The van der Waals surface area contributed by atoms with Gasteiger partial charge in [0.2, 0.25) is 0 Å². The summed E-state index contributed by atoms with van der Waals surface area (Å²) in [5, 5.41) is 0. The molecule has 0 aromatic heterocycles. The van der Waals surface area contributed by atoms with Gasteiger partial charge in [0.05, 0.1) is 0 Å². The average molecular weight is 667 g/mol. The van der Waals surface area contributed by atoms with Crippen molar-refractivity contribution in [2.75, 3.05) is 0 Å². The van der Waals surface area contributed by atoms with E-state index < -0.39 is 0 Å². The maximum atomic E-state index is 7.14. The second-order valence-electron chi connectivity index (χ2n) is 14.1. The summed E-state index contributed by atoms with van der Waals surface area (Å²) in [6.45, 7) is 9.14. The van der Waals surface area contributed by atoms with Gasteiger partial charge in [-0.2, -0.15) is 0 Å². The number of hydrogen-bond donors (Lipinski definition) is 0. The molecule has 0 heterocycles. The summed E-state index contributed by atoms with van der Waals surface area (Å²) in [6, 6.07) is 13.3. The lowest BCUT2D eigenvalue weighted by Gasteiger charge is -2.17. The lowest BCUT2D eigenvalue weighted by atomic mass is 10.0. The van der Waals surface area contributed by atoms with Gasteiger partial charge in [0, 0.05) is 22.3 Å². The number of unbranched alkanes of at least 4 members (excludes halogenated alkanes) is 20. The summed E-state index contributed by atoms with van der Waals surface area (Å²) in [7, 11) is 0. The third-order valence-corrected chi connectivity index (χ3v) is 9.44. The minimum atomic E-state index is 0.974. The summed E-state index contributed by atoms with van der Waals surface area (Å²) in [5.74, 6) is 1.95. The molecule has 1 heteroatoms. The standard InChI is InChI=1S/C48H74O/c1-5-9-13-17-21-25-29-35-43-39-33-40-44(36-30-26-22-18-14-10-6-2)47(43)49-48-45(37-31-27-23-19-15-11-7-3)41-34-42-46(48)38-32-28-24-20-16-12-8-4/h29-42H,5-28H2,1-4H3. The molecule has 0 spiro atoms. The molecule has 2 rings (SSSR count). The van der Waals surface area contributed by atoms with Crippen LogP contribution in [0.3, 0.4) is 0 Å². The van der Waals surface area contributed by atoms with Crippen LogP contribution in [0.1, 0.15) is 204 Å². The Morgan fingerprint density at radius 2 is 0.592 bits per heavy atom. The summed E-state index contributed by atoms with van der Waals surface area (Å²) in [4.78, 5) is 0. The number of ether oxygens (including phenoxy) is 1. The second kappa shape index (κ2) is 30.1. The minimum Gasteiger partial charge on any atom is -0.455 e. The Bertz CT molecular complexity index is 1020. The number of benzene rings is 2. The number of para-hydroxylation sites is 2. The van der Waals surface area contributed by atoms with Crippen LogP contribution < -0.4 is 4.74 Å². The minimum absolute atomic E-state index is 0.974. The van der Waals surface area contributed by atoms with Gasteiger partial charge in [-0.15, -0.1) is 0 Å². The number of rotatable bonds is 30. The Morgan fingerprint density at radius 1 is 0.347 bits per heavy atom. The molecule has 0 fully saturated rings. The van der Waals surface area contributed by atoms with Crippen molar-refractivity contribution in [3.8, 4) is 11.5 Å². The molecule has 0 saturated carbocycles. The Hall–Kier alpha value is -2.80. The predicted octanol–water partition coefficient (Wildman–Crippen LogP) is 17.0. The van der Waals surface area contributed by atoms with Gasteiger partial charge in [0.25, 0.3) is 0 Å². The van der Waals surface area contributed by atoms with Crippen molar-refractivity contribution in [3.63, 3.8) is 0 Å². The zero-order valence-corrected chi connectivity index (χ0v) is 32.5. The van der Waals surface area contributed by atoms with Crippen molar-refractivity contribution in [1.29, 1.82) is 0 Å². The van der Waals surface area contributed by atoms with Crippen LogP contribution in [0.15, 0.2) is 60.7 Å². The molecule has 0 aliphatic rings. The molecule has 0 saturated heterocycles. The predicted molar refractivity (Wildman–Crippen MR) is 223 cm³/mol. The van der Waals surface area contributed by atoms with Gasteiger partial charge in [-0.25, -0.2) is 0 Å². The highest BCUT2D eigenvalue weighted by molar-refractivity contribution is 5.72. The molecule has 0 aliphatic heterocycles. The first kappa shape index (κ1) is 42.4. The third kappa shape index (κ3) is 19.8. The van der Waals surface area contributed by atoms with Crippen molar-refractivity contribution < 1.29 is 4.74 Å². The zero-order valence-electron chi connectivity index (χ0n) is 32.5. The molecule has 49 heavy (non-hydrogen) atoms. The molecule has 272 valence electrons. The van der Waals surface area contributed by atoms with Crippen molar-refractivity contribution in [3.05, 3.63) is 83.0 Å². The van der Waals surface area contributed by atoms with Gasteiger partial charge in [0.15, 0.2) is 0 Å². The summed E-state index contributed by atoms with van der Waals surface area (Å²) >= 11 is 0. The molecule has 0 aliphatic carbocycles. The monoisotopic (exact) mass is 667 g/mol. The third-order valence-electron chi connectivity index (χ3n) is 9.44. The Labute approximate surface area is 304 Å². The van der Waals surface area contributed by atoms with Crippen molar-refractivity contribution >= 4 is 24.3 Å². The largest absolute Gasteiger partial charge is 0.455 e. The molecular weight excluding hydrogens is 593 g/mol. The van der Waals surface area contributed by atoms with E-state index in [9.17, 15) is 0 Å². The number of hydrogen-bond acceptors (Lipinski definition) is 1. The zero-order chi connectivity index (χ0) is 35.0. The van der Waals surface area contributed by atoms with Crippen LogP contribution >= 0.6 is 0 Å². The molecule has 2 aromatic carbocycles. The van der Waals surface area contributed by atoms with E-state index in [2.05, 4.69) is 113 Å². The molecule has 2 aromatic rings. The van der Waals surface area contributed by atoms with Gasteiger partial charge in [0.1, 0.15) is 11.5 Å². The van der Waals surface area contributed by atoms with Crippen molar-refractivity contribution in [1.82, 2.24) is 0 Å². The highest BCUT2D eigenvalue weighted by Gasteiger charge is 2.13. The first-order valence-electron chi connectivity index (χ1n) is 20.8. The van der Waals surface area contributed by atoms with Crippen LogP contribution in [0.25, 0.3) is 24.3 Å². The summed E-state index contributed by atoms with van der Waals surface area (Å²) in [6.07, 6.45) is 49.3. The summed E-state index contributed by atoms with van der Waals surface area (Å²) in [5.41, 5.74) is 4.66.